The summed E-state index contributed by atoms with van der Waals surface area (Å²) >= 11 is 0. The number of aromatic hydroxyl groups is 1. The van der Waals surface area contributed by atoms with Gasteiger partial charge in [0.05, 0.1) is 0 Å². The third-order valence-electron chi connectivity index (χ3n) is 5.76. The summed E-state index contributed by atoms with van der Waals surface area (Å²) in [7, 11) is 0. The highest BCUT2D eigenvalue weighted by Crippen LogP contribution is 2.45. The largest absolute Gasteiger partial charge is 0.507 e. The Hall–Kier alpha value is -2.04. The second kappa shape index (κ2) is 8.56. The molecule has 1 aromatic carbocycles. The van der Waals surface area contributed by atoms with E-state index in [2.05, 4.69) is 0 Å². The molecule has 0 spiro atoms. The molecule has 1 aromatic rings. The number of hydrogen-bond acceptors (Lipinski definition) is 4. The first-order chi connectivity index (χ1) is 12.5. The van der Waals surface area contributed by atoms with E-state index in [9.17, 15) is 14.7 Å². The van der Waals surface area contributed by atoms with Crippen LogP contribution in [0.5, 0.6) is 11.5 Å². The van der Waals surface area contributed by atoms with Crippen LogP contribution in [0.4, 0.5) is 0 Å². The summed E-state index contributed by atoms with van der Waals surface area (Å²) in [6.45, 7) is 0. The van der Waals surface area contributed by atoms with E-state index in [0.717, 1.165) is 62.5 Å². The molecule has 2 aliphatic rings. The van der Waals surface area contributed by atoms with Crippen molar-refractivity contribution in [1.29, 1.82) is 0 Å². The molecule has 2 N–H and O–H groups in total. The summed E-state index contributed by atoms with van der Waals surface area (Å²) in [5, 5.41) is 19.7. The summed E-state index contributed by atoms with van der Waals surface area (Å²) in [6, 6.07) is 3.49. The zero-order valence-electron chi connectivity index (χ0n) is 15.2. The fourth-order valence-electron chi connectivity index (χ4n) is 4.45. The van der Waals surface area contributed by atoms with Crippen molar-refractivity contribution in [2.24, 2.45) is 0 Å². The lowest BCUT2D eigenvalue weighted by molar-refractivity contribution is -0.145. The van der Waals surface area contributed by atoms with Crippen LogP contribution in [0.25, 0.3) is 0 Å². The Morgan fingerprint density at radius 1 is 0.885 bits per heavy atom. The lowest BCUT2D eigenvalue weighted by Gasteiger charge is -2.28. The first kappa shape index (κ1) is 18.7. The van der Waals surface area contributed by atoms with Gasteiger partial charge in [0.1, 0.15) is 17.9 Å². The van der Waals surface area contributed by atoms with Crippen LogP contribution in [0.2, 0.25) is 0 Å². The molecule has 0 unspecified atom stereocenters. The number of phenols is 1. The van der Waals surface area contributed by atoms with Crippen LogP contribution in [0, 0.1) is 0 Å². The van der Waals surface area contributed by atoms with Crippen LogP contribution in [-0.2, 0) is 9.59 Å². The van der Waals surface area contributed by atoms with Crippen LogP contribution in [0.3, 0.4) is 0 Å². The minimum Gasteiger partial charge on any atom is -0.507 e. The Morgan fingerprint density at radius 3 is 1.77 bits per heavy atom. The second-order valence-corrected chi connectivity index (χ2v) is 7.66. The first-order valence-electron chi connectivity index (χ1n) is 9.84. The minimum absolute atomic E-state index is 0.282. The minimum atomic E-state index is -1.20. The fraction of sp³-hybridized carbons (Fsp3) is 0.619. The van der Waals surface area contributed by atoms with E-state index < -0.39 is 18.4 Å². The molecule has 5 nitrogen and oxygen atoms in total. The van der Waals surface area contributed by atoms with E-state index in [1.807, 2.05) is 0 Å². The van der Waals surface area contributed by atoms with Crippen molar-refractivity contribution in [3.63, 3.8) is 0 Å². The van der Waals surface area contributed by atoms with Crippen molar-refractivity contribution in [3.05, 3.63) is 23.3 Å². The highest BCUT2D eigenvalue weighted by molar-refractivity contribution is 5.91. The zero-order valence-corrected chi connectivity index (χ0v) is 15.2. The van der Waals surface area contributed by atoms with Crippen molar-refractivity contribution >= 4 is 11.9 Å². The van der Waals surface area contributed by atoms with Gasteiger partial charge in [0.25, 0.3) is 0 Å². The maximum absolute atomic E-state index is 11.8. The quantitative estimate of drug-likeness (QED) is 0.445. The maximum atomic E-state index is 11.8. The van der Waals surface area contributed by atoms with E-state index in [-0.39, 0.29) is 11.8 Å². The van der Waals surface area contributed by atoms with E-state index in [1.165, 1.54) is 12.8 Å². The van der Waals surface area contributed by atoms with Gasteiger partial charge < -0.3 is 14.9 Å². The van der Waals surface area contributed by atoms with Gasteiger partial charge in [-0.15, -0.1) is 0 Å². The Morgan fingerprint density at radius 2 is 1.35 bits per heavy atom. The monoisotopic (exact) mass is 360 g/mol. The lowest BCUT2D eigenvalue weighted by atomic mass is 9.79. The van der Waals surface area contributed by atoms with Gasteiger partial charge in [-0.2, -0.15) is 0 Å². The van der Waals surface area contributed by atoms with Crippen molar-refractivity contribution < 1.29 is 24.5 Å². The highest BCUT2D eigenvalue weighted by atomic mass is 16.5. The molecule has 0 amide bonds. The Labute approximate surface area is 154 Å². The Kier molecular flexibility index (Phi) is 6.17. The molecule has 26 heavy (non-hydrogen) atoms. The van der Waals surface area contributed by atoms with E-state index in [1.54, 1.807) is 12.1 Å². The first-order valence-corrected chi connectivity index (χ1v) is 9.84. The Bertz CT molecular complexity index is 615. The van der Waals surface area contributed by atoms with Gasteiger partial charge in [-0.1, -0.05) is 38.5 Å². The highest BCUT2D eigenvalue weighted by Gasteiger charge is 2.26. The number of ether oxygens (including phenoxy) is 1. The molecule has 0 heterocycles. The predicted molar refractivity (Wildman–Crippen MR) is 97.6 cm³/mol. The van der Waals surface area contributed by atoms with Crippen molar-refractivity contribution in [3.8, 4) is 11.5 Å². The third-order valence-corrected chi connectivity index (χ3v) is 5.76. The molecule has 0 atom stereocenters. The van der Waals surface area contributed by atoms with Crippen LogP contribution < -0.4 is 4.74 Å². The molecule has 3 rings (SSSR count). The van der Waals surface area contributed by atoms with Crippen LogP contribution in [-0.4, -0.2) is 22.2 Å². The van der Waals surface area contributed by atoms with Gasteiger partial charge in [0, 0.05) is 11.1 Å². The van der Waals surface area contributed by atoms with Gasteiger partial charge >= 0.3 is 11.9 Å². The van der Waals surface area contributed by atoms with Gasteiger partial charge in [-0.3, -0.25) is 9.59 Å². The summed E-state index contributed by atoms with van der Waals surface area (Å²) < 4.78 is 5.31. The van der Waals surface area contributed by atoms with E-state index in [0.29, 0.717) is 11.5 Å². The summed E-state index contributed by atoms with van der Waals surface area (Å²) in [5.41, 5.74) is 1.73. The molecule has 0 saturated heterocycles. The molecule has 2 fully saturated rings. The molecule has 0 aromatic heterocycles. The van der Waals surface area contributed by atoms with E-state index >= 15 is 0 Å². The topological polar surface area (TPSA) is 83.8 Å². The normalized spacial score (nSPS) is 19.2. The number of phenolic OH excluding ortho intramolecular Hbond substituents is 1. The summed E-state index contributed by atoms with van der Waals surface area (Å²) in [5.74, 6) is -0.674. The predicted octanol–water partition coefficient (Wildman–Crippen LogP) is 4.87. The van der Waals surface area contributed by atoms with Crippen molar-refractivity contribution in [2.45, 2.75) is 82.5 Å². The van der Waals surface area contributed by atoms with Gasteiger partial charge in [-0.05, 0) is 49.7 Å². The third kappa shape index (κ3) is 4.57. The van der Waals surface area contributed by atoms with E-state index in [4.69, 9.17) is 9.84 Å². The number of carbonyl (C=O) groups excluding carboxylic acids is 1. The maximum Gasteiger partial charge on any atom is 0.322 e. The Balaban J connectivity index is 1.92. The number of aliphatic carboxylic acids is 1. The zero-order chi connectivity index (χ0) is 18.5. The average Bonchev–Trinajstić information content (AvgIpc) is 2.64. The molecule has 5 heteroatoms. The molecule has 142 valence electrons. The number of carboxylic acids is 1. The molecular weight excluding hydrogens is 332 g/mol. The molecule has 2 aliphatic carbocycles. The van der Waals surface area contributed by atoms with Gasteiger partial charge in [0.2, 0.25) is 0 Å². The van der Waals surface area contributed by atoms with Crippen molar-refractivity contribution in [2.75, 3.05) is 0 Å². The van der Waals surface area contributed by atoms with Gasteiger partial charge in [0.15, 0.2) is 0 Å². The number of hydrogen-bond donors (Lipinski definition) is 2. The standard InChI is InChI=1S/C21H28O5/c22-19(23)13-20(24)26-16-11-17(14-7-3-1-4-8-14)21(25)18(12-16)15-9-5-2-6-10-15/h11-12,14-15,25H,1-10,13H2,(H,22,23). The van der Waals surface area contributed by atoms with Crippen LogP contribution >= 0.6 is 0 Å². The number of carbonyl (C=O) groups is 2. The molecule has 0 bridgehead atoms. The second-order valence-electron chi connectivity index (χ2n) is 7.66. The van der Waals surface area contributed by atoms with Gasteiger partial charge in [-0.25, -0.2) is 0 Å². The number of esters is 1. The molecule has 0 aliphatic heterocycles. The van der Waals surface area contributed by atoms with Crippen LogP contribution in [0.15, 0.2) is 12.1 Å². The lowest BCUT2D eigenvalue weighted by Crippen LogP contribution is -2.15. The average molecular weight is 360 g/mol. The number of benzene rings is 1. The summed E-state index contributed by atoms with van der Waals surface area (Å²) in [6.07, 6.45) is 10.5. The fourth-order valence-corrected chi connectivity index (χ4v) is 4.45. The smallest absolute Gasteiger partial charge is 0.322 e. The number of rotatable bonds is 5. The summed E-state index contributed by atoms with van der Waals surface area (Å²) in [4.78, 5) is 22.6. The van der Waals surface area contributed by atoms with Crippen molar-refractivity contribution in [1.82, 2.24) is 0 Å². The molecule has 0 radical (unpaired) electrons. The van der Waals surface area contributed by atoms with Crippen LogP contribution in [0.1, 0.15) is 93.6 Å². The molecular formula is C21H28O5. The SMILES string of the molecule is O=C(O)CC(=O)Oc1cc(C2CCCCC2)c(O)c(C2CCCCC2)c1. The number of carboxylic acid groups (broad SMARTS) is 1. The molecule has 2 saturated carbocycles.